The van der Waals surface area contributed by atoms with E-state index in [9.17, 15) is 4.79 Å². The Balaban J connectivity index is 1.68. The van der Waals surface area contributed by atoms with E-state index in [1.54, 1.807) is 6.20 Å². The van der Waals surface area contributed by atoms with Gasteiger partial charge in [0.05, 0.1) is 0 Å². The van der Waals surface area contributed by atoms with Crippen molar-refractivity contribution in [2.75, 3.05) is 5.32 Å². The van der Waals surface area contributed by atoms with Crippen LogP contribution < -0.4 is 5.32 Å². The highest BCUT2D eigenvalue weighted by Gasteiger charge is 2.16. The second kappa shape index (κ2) is 5.26. The van der Waals surface area contributed by atoms with Crippen LogP contribution in [0.3, 0.4) is 0 Å². The van der Waals surface area contributed by atoms with Crippen molar-refractivity contribution in [1.29, 1.82) is 0 Å². The number of hydrogen-bond acceptors (Lipinski definition) is 3. The summed E-state index contributed by atoms with van der Waals surface area (Å²) in [4.78, 5) is 15.5. The molecule has 3 nitrogen and oxygen atoms in total. The van der Waals surface area contributed by atoms with Crippen LogP contribution in [0.25, 0.3) is 0 Å². The maximum absolute atomic E-state index is 11.5. The van der Waals surface area contributed by atoms with Crippen molar-refractivity contribution in [1.82, 2.24) is 4.98 Å². The summed E-state index contributed by atoms with van der Waals surface area (Å²) in [5, 5.41) is 5.40. The van der Waals surface area contributed by atoms with E-state index in [2.05, 4.69) is 10.3 Å². The number of nitrogens with zero attached hydrogens (tertiary/aromatic N) is 1. The average molecular weight is 224 g/mol. The molecule has 0 saturated heterocycles. The highest BCUT2D eigenvalue weighted by molar-refractivity contribution is 7.13. The molecular formula is C11H16N2OS. The molecule has 0 unspecified atom stereocenters. The first kappa shape index (κ1) is 10.6. The number of carbonyl (C=O) groups excluding carboxylic acids is 1. The first-order valence-electron chi connectivity index (χ1n) is 5.54. The van der Waals surface area contributed by atoms with Crippen molar-refractivity contribution in [3.8, 4) is 0 Å². The van der Waals surface area contributed by atoms with Gasteiger partial charge in [0, 0.05) is 18.0 Å². The lowest BCUT2D eigenvalue weighted by molar-refractivity contribution is -0.116. The lowest BCUT2D eigenvalue weighted by Crippen LogP contribution is -2.12. The first-order valence-corrected chi connectivity index (χ1v) is 6.42. The van der Waals surface area contributed by atoms with Crippen LogP contribution in [-0.4, -0.2) is 10.9 Å². The zero-order valence-corrected chi connectivity index (χ0v) is 9.55. The fourth-order valence-corrected chi connectivity index (χ4v) is 2.65. The van der Waals surface area contributed by atoms with E-state index in [4.69, 9.17) is 0 Å². The Morgan fingerprint density at radius 3 is 3.00 bits per heavy atom. The molecule has 0 aromatic carbocycles. The maximum atomic E-state index is 11.5. The van der Waals surface area contributed by atoms with Gasteiger partial charge in [0.2, 0.25) is 5.91 Å². The van der Waals surface area contributed by atoms with Gasteiger partial charge in [-0.2, -0.15) is 0 Å². The number of hydrogen-bond donors (Lipinski definition) is 1. The summed E-state index contributed by atoms with van der Waals surface area (Å²) in [7, 11) is 0. The topological polar surface area (TPSA) is 42.0 Å². The SMILES string of the molecule is O=C(CCC1CCCC1)Nc1nccs1. The summed E-state index contributed by atoms with van der Waals surface area (Å²) in [6, 6.07) is 0. The Morgan fingerprint density at radius 2 is 2.33 bits per heavy atom. The van der Waals surface area contributed by atoms with Crippen molar-refractivity contribution in [3.05, 3.63) is 11.6 Å². The number of amides is 1. The number of thiazole rings is 1. The monoisotopic (exact) mass is 224 g/mol. The lowest BCUT2D eigenvalue weighted by atomic mass is 10.0. The summed E-state index contributed by atoms with van der Waals surface area (Å²) in [5.41, 5.74) is 0. The molecule has 2 rings (SSSR count). The largest absolute Gasteiger partial charge is 0.302 e. The molecule has 1 heterocycles. The number of nitrogens with one attached hydrogen (secondary N) is 1. The van der Waals surface area contributed by atoms with Gasteiger partial charge in [-0.25, -0.2) is 4.98 Å². The van der Waals surface area contributed by atoms with Gasteiger partial charge in [0.1, 0.15) is 0 Å². The van der Waals surface area contributed by atoms with Crippen LogP contribution in [0.1, 0.15) is 38.5 Å². The van der Waals surface area contributed by atoms with E-state index < -0.39 is 0 Å². The minimum Gasteiger partial charge on any atom is -0.302 e. The van der Waals surface area contributed by atoms with Gasteiger partial charge in [-0.15, -0.1) is 11.3 Å². The van der Waals surface area contributed by atoms with Crippen LogP contribution in [0.2, 0.25) is 0 Å². The molecule has 1 amide bonds. The van der Waals surface area contributed by atoms with Crippen LogP contribution in [0.4, 0.5) is 5.13 Å². The molecule has 0 bridgehead atoms. The molecular weight excluding hydrogens is 208 g/mol. The Hall–Kier alpha value is -0.900. The molecule has 4 heteroatoms. The van der Waals surface area contributed by atoms with Crippen molar-refractivity contribution < 1.29 is 4.79 Å². The molecule has 1 aliphatic rings. The summed E-state index contributed by atoms with van der Waals surface area (Å²) >= 11 is 1.47. The zero-order chi connectivity index (χ0) is 10.5. The fourth-order valence-electron chi connectivity index (χ4n) is 2.10. The Kier molecular flexibility index (Phi) is 3.72. The maximum Gasteiger partial charge on any atom is 0.226 e. The summed E-state index contributed by atoms with van der Waals surface area (Å²) < 4.78 is 0. The van der Waals surface area contributed by atoms with E-state index in [0.717, 1.165) is 12.3 Å². The third kappa shape index (κ3) is 3.30. The molecule has 15 heavy (non-hydrogen) atoms. The summed E-state index contributed by atoms with van der Waals surface area (Å²) in [6.07, 6.45) is 8.70. The summed E-state index contributed by atoms with van der Waals surface area (Å²) in [5.74, 6) is 0.892. The van der Waals surface area contributed by atoms with E-state index in [0.29, 0.717) is 11.6 Å². The minimum atomic E-state index is 0.108. The van der Waals surface area contributed by atoms with E-state index in [1.807, 2.05) is 5.38 Å². The van der Waals surface area contributed by atoms with E-state index >= 15 is 0 Å². The van der Waals surface area contributed by atoms with Crippen molar-refractivity contribution in [3.63, 3.8) is 0 Å². The van der Waals surface area contributed by atoms with E-state index in [1.165, 1.54) is 37.0 Å². The van der Waals surface area contributed by atoms with Gasteiger partial charge in [0.25, 0.3) is 0 Å². The highest BCUT2D eigenvalue weighted by atomic mass is 32.1. The number of rotatable bonds is 4. The zero-order valence-electron chi connectivity index (χ0n) is 8.74. The van der Waals surface area contributed by atoms with Gasteiger partial charge < -0.3 is 5.32 Å². The van der Waals surface area contributed by atoms with Crippen molar-refractivity contribution >= 4 is 22.4 Å². The molecule has 0 spiro atoms. The molecule has 1 aromatic heterocycles. The van der Waals surface area contributed by atoms with Gasteiger partial charge in [-0.05, 0) is 12.3 Å². The third-order valence-corrected chi connectivity index (χ3v) is 3.62. The first-order chi connectivity index (χ1) is 7.34. The van der Waals surface area contributed by atoms with Crippen molar-refractivity contribution in [2.24, 2.45) is 5.92 Å². The average Bonchev–Trinajstić information content (AvgIpc) is 2.86. The van der Waals surface area contributed by atoms with Crippen LogP contribution in [-0.2, 0) is 4.79 Å². The second-order valence-corrected chi connectivity index (χ2v) is 4.97. The smallest absolute Gasteiger partial charge is 0.226 e. The predicted octanol–water partition coefficient (Wildman–Crippen LogP) is 3.05. The quantitative estimate of drug-likeness (QED) is 0.854. The second-order valence-electron chi connectivity index (χ2n) is 4.07. The number of anilines is 1. The van der Waals surface area contributed by atoms with Crippen LogP contribution in [0.5, 0.6) is 0 Å². The Labute approximate surface area is 93.9 Å². The molecule has 1 aromatic rings. The number of carbonyl (C=O) groups is 1. The third-order valence-electron chi connectivity index (χ3n) is 2.93. The lowest BCUT2D eigenvalue weighted by Gasteiger charge is -2.07. The standard InChI is InChI=1S/C11H16N2OS/c14-10(13-11-12-7-8-15-11)6-5-9-3-1-2-4-9/h7-9H,1-6H2,(H,12,13,14). The van der Waals surface area contributed by atoms with Gasteiger partial charge >= 0.3 is 0 Å². The Morgan fingerprint density at radius 1 is 1.53 bits per heavy atom. The normalized spacial score (nSPS) is 16.8. The fraction of sp³-hybridized carbons (Fsp3) is 0.636. The Bertz CT molecular complexity index is 304. The van der Waals surface area contributed by atoms with Crippen LogP contribution in [0, 0.1) is 5.92 Å². The highest BCUT2D eigenvalue weighted by Crippen LogP contribution is 2.28. The van der Waals surface area contributed by atoms with Gasteiger partial charge in [0.15, 0.2) is 5.13 Å². The molecule has 82 valence electrons. The minimum absolute atomic E-state index is 0.108. The molecule has 0 aliphatic heterocycles. The molecule has 1 aliphatic carbocycles. The van der Waals surface area contributed by atoms with Gasteiger partial charge in [-0.3, -0.25) is 4.79 Å². The summed E-state index contributed by atoms with van der Waals surface area (Å²) in [6.45, 7) is 0. The van der Waals surface area contributed by atoms with Crippen LogP contribution in [0.15, 0.2) is 11.6 Å². The molecule has 1 saturated carbocycles. The van der Waals surface area contributed by atoms with E-state index in [-0.39, 0.29) is 5.91 Å². The van der Waals surface area contributed by atoms with Crippen molar-refractivity contribution in [2.45, 2.75) is 38.5 Å². The molecule has 0 atom stereocenters. The number of aromatic nitrogens is 1. The molecule has 1 N–H and O–H groups in total. The van der Waals surface area contributed by atoms with Gasteiger partial charge in [-0.1, -0.05) is 25.7 Å². The predicted molar refractivity (Wildman–Crippen MR) is 61.9 cm³/mol. The van der Waals surface area contributed by atoms with Crippen LogP contribution >= 0.6 is 11.3 Å². The molecule has 1 fully saturated rings. The molecule has 0 radical (unpaired) electrons.